The molecule has 37 heavy (non-hydrogen) atoms. The highest BCUT2D eigenvalue weighted by molar-refractivity contribution is 7.89. The normalized spacial score (nSPS) is 18.1. The first-order valence-electron chi connectivity index (χ1n) is 11.9. The Kier molecular flexibility index (Phi) is 8.72. The van der Waals surface area contributed by atoms with Gasteiger partial charge in [-0.1, -0.05) is 29.3 Å². The Balaban J connectivity index is 1.42. The van der Waals surface area contributed by atoms with Gasteiger partial charge in [0.2, 0.25) is 26.0 Å². The largest absolute Gasteiger partial charge is 0.495 e. The summed E-state index contributed by atoms with van der Waals surface area (Å²) in [6.07, 6.45) is 2.27. The number of piperidine rings is 1. The standard InChI is InChI=1S/C24H29Cl2N3O6S2/c1-35-23-8-7-18(37(33,34)29-11-2-3-12-29)15-22(23)27-24(30)17-9-13-28(14-10-17)36(31,32)16-19-20(25)5-4-6-21(19)26/h4-8,15,17H,2-3,9-14,16H2,1H3,(H,27,30). The van der Waals surface area contributed by atoms with E-state index in [2.05, 4.69) is 5.32 Å². The van der Waals surface area contributed by atoms with Crippen molar-refractivity contribution in [3.05, 3.63) is 52.0 Å². The van der Waals surface area contributed by atoms with Crippen molar-refractivity contribution in [2.24, 2.45) is 5.92 Å². The van der Waals surface area contributed by atoms with Crippen molar-refractivity contribution in [3.63, 3.8) is 0 Å². The van der Waals surface area contributed by atoms with E-state index in [4.69, 9.17) is 27.9 Å². The minimum Gasteiger partial charge on any atom is -0.495 e. The van der Waals surface area contributed by atoms with E-state index in [0.29, 0.717) is 37.2 Å². The molecule has 1 N–H and O–H groups in total. The SMILES string of the molecule is COc1ccc(S(=O)(=O)N2CCCC2)cc1NC(=O)C1CCN(S(=O)(=O)Cc2c(Cl)cccc2Cl)CC1. The van der Waals surface area contributed by atoms with Crippen LogP contribution in [0.15, 0.2) is 41.3 Å². The summed E-state index contributed by atoms with van der Waals surface area (Å²) in [6, 6.07) is 9.24. The van der Waals surface area contributed by atoms with Gasteiger partial charge in [0.15, 0.2) is 0 Å². The Morgan fingerprint density at radius 3 is 2.19 bits per heavy atom. The summed E-state index contributed by atoms with van der Waals surface area (Å²) in [5, 5.41) is 3.36. The minimum absolute atomic E-state index is 0.0876. The van der Waals surface area contributed by atoms with Crippen molar-refractivity contribution in [2.75, 3.05) is 38.6 Å². The summed E-state index contributed by atoms with van der Waals surface area (Å²) in [5.41, 5.74) is 0.609. The van der Waals surface area contributed by atoms with Crippen LogP contribution in [0.3, 0.4) is 0 Å². The Morgan fingerprint density at radius 1 is 0.973 bits per heavy atom. The summed E-state index contributed by atoms with van der Waals surface area (Å²) in [5.74, 6) is -0.748. The second-order valence-corrected chi connectivity index (χ2v) is 13.8. The third-order valence-electron chi connectivity index (χ3n) is 6.74. The molecule has 0 spiro atoms. The molecule has 2 saturated heterocycles. The molecule has 0 unspecified atom stereocenters. The molecule has 0 saturated carbocycles. The summed E-state index contributed by atoms with van der Waals surface area (Å²) in [7, 11) is -5.92. The predicted molar refractivity (Wildman–Crippen MR) is 143 cm³/mol. The van der Waals surface area contributed by atoms with E-state index in [9.17, 15) is 21.6 Å². The minimum atomic E-state index is -3.69. The quantitative estimate of drug-likeness (QED) is 0.498. The molecule has 2 aliphatic heterocycles. The van der Waals surface area contributed by atoms with Gasteiger partial charge in [-0.15, -0.1) is 0 Å². The maximum Gasteiger partial charge on any atom is 0.243 e. The number of rotatable bonds is 8. The van der Waals surface area contributed by atoms with Crippen LogP contribution in [-0.4, -0.2) is 64.6 Å². The number of hydrogen-bond donors (Lipinski definition) is 1. The maximum absolute atomic E-state index is 13.1. The molecule has 9 nitrogen and oxygen atoms in total. The van der Waals surface area contributed by atoms with Crippen LogP contribution in [0.1, 0.15) is 31.2 Å². The average Bonchev–Trinajstić information content (AvgIpc) is 3.42. The fourth-order valence-electron chi connectivity index (χ4n) is 4.60. The van der Waals surface area contributed by atoms with E-state index in [-0.39, 0.29) is 45.4 Å². The Morgan fingerprint density at radius 2 is 1.59 bits per heavy atom. The van der Waals surface area contributed by atoms with Gasteiger partial charge in [0.05, 0.1) is 23.4 Å². The summed E-state index contributed by atoms with van der Waals surface area (Å²) in [4.78, 5) is 13.1. The van der Waals surface area contributed by atoms with Crippen molar-refractivity contribution < 1.29 is 26.4 Å². The number of benzene rings is 2. The third kappa shape index (κ3) is 6.23. The molecular weight excluding hydrogens is 561 g/mol. The summed E-state index contributed by atoms with van der Waals surface area (Å²) >= 11 is 12.3. The first-order valence-corrected chi connectivity index (χ1v) is 15.7. The summed E-state index contributed by atoms with van der Waals surface area (Å²) < 4.78 is 60.0. The highest BCUT2D eigenvalue weighted by Gasteiger charge is 2.33. The van der Waals surface area contributed by atoms with Gasteiger partial charge in [-0.05, 0) is 56.0 Å². The predicted octanol–water partition coefficient (Wildman–Crippen LogP) is 3.97. The Labute approximate surface area is 227 Å². The number of halogens is 2. The highest BCUT2D eigenvalue weighted by Crippen LogP contribution is 2.32. The molecule has 13 heteroatoms. The van der Waals surface area contributed by atoms with Crippen molar-refractivity contribution in [3.8, 4) is 5.75 Å². The molecule has 202 valence electrons. The van der Waals surface area contributed by atoms with Crippen molar-refractivity contribution in [1.82, 2.24) is 8.61 Å². The number of nitrogens with zero attached hydrogens (tertiary/aromatic N) is 2. The lowest BCUT2D eigenvalue weighted by Crippen LogP contribution is -2.42. The van der Waals surface area contributed by atoms with E-state index in [0.717, 1.165) is 12.8 Å². The molecule has 2 aromatic rings. The molecule has 0 aliphatic carbocycles. The number of amides is 1. The number of ether oxygens (including phenoxy) is 1. The lowest BCUT2D eigenvalue weighted by atomic mass is 9.97. The zero-order valence-electron chi connectivity index (χ0n) is 20.3. The number of methoxy groups -OCH3 is 1. The molecule has 2 aromatic carbocycles. The van der Waals surface area contributed by atoms with Gasteiger partial charge in [-0.2, -0.15) is 4.31 Å². The van der Waals surface area contributed by atoms with Crippen LogP contribution in [0.5, 0.6) is 5.75 Å². The van der Waals surface area contributed by atoms with Crippen LogP contribution in [0.4, 0.5) is 5.69 Å². The van der Waals surface area contributed by atoms with E-state index in [1.807, 2.05) is 0 Å². The van der Waals surface area contributed by atoms with Crippen LogP contribution in [0.2, 0.25) is 10.0 Å². The molecule has 2 heterocycles. The van der Waals surface area contributed by atoms with E-state index < -0.39 is 26.0 Å². The second kappa shape index (κ2) is 11.5. The second-order valence-electron chi connectivity index (χ2n) is 9.09. The third-order valence-corrected chi connectivity index (χ3v) is 11.1. The Bertz CT molecular complexity index is 1350. The number of anilines is 1. The maximum atomic E-state index is 13.1. The molecule has 1 amide bonds. The topological polar surface area (TPSA) is 113 Å². The molecule has 0 atom stereocenters. The van der Waals surface area contributed by atoms with Gasteiger partial charge in [-0.3, -0.25) is 4.79 Å². The van der Waals surface area contributed by atoms with Crippen molar-refractivity contribution in [1.29, 1.82) is 0 Å². The zero-order valence-corrected chi connectivity index (χ0v) is 23.5. The van der Waals surface area contributed by atoms with Crippen LogP contribution >= 0.6 is 23.2 Å². The number of carbonyl (C=O) groups is 1. The Hall–Kier alpha value is -1.89. The van der Waals surface area contributed by atoms with Gasteiger partial charge >= 0.3 is 0 Å². The number of sulfonamides is 2. The van der Waals surface area contributed by atoms with Crippen LogP contribution in [-0.2, 0) is 30.6 Å². The molecular formula is C24H29Cl2N3O6S2. The van der Waals surface area contributed by atoms with E-state index in [1.165, 1.54) is 33.9 Å². The van der Waals surface area contributed by atoms with Crippen molar-refractivity contribution in [2.45, 2.75) is 36.3 Å². The van der Waals surface area contributed by atoms with Crippen LogP contribution in [0.25, 0.3) is 0 Å². The molecule has 0 radical (unpaired) electrons. The fraction of sp³-hybridized carbons (Fsp3) is 0.458. The average molecular weight is 591 g/mol. The lowest BCUT2D eigenvalue weighted by molar-refractivity contribution is -0.120. The fourth-order valence-corrected chi connectivity index (χ4v) is 8.46. The van der Waals surface area contributed by atoms with Crippen LogP contribution < -0.4 is 10.1 Å². The molecule has 0 bridgehead atoms. The van der Waals surface area contributed by atoms with Gasteiger partial charge < -0.3 is 10.1 Å². The van der Waals surface area contributed by atoms with E-state index in [1.54, 1.807) is 18.2 Å². The molecule has 2 aliphatic rings. The highest BCUT2D eigenvalue weighted by atomic mass is 35.5. The van der Waals surface area contributed by atoms with Gasteiger partial charge in [0, 0.05) is 47.7 Å². The van der Waals surface area contributed by atoms with Gasteiger partial charge in [-0.25, -0.2) is 21.1 Å². The van der Waals surface area contributed by atoms with Gasteiger partial charge in [0.1, 0.15) is 5.75 Å². The zero-order chi connectivity index (χ0) is 26.8. The first-order chi connectivity index (χ1) is 17.5. The molecule has 4 rings (SSSR count). The summed E-state index contributed by atoms with van der Waals surface area (Å²) in [6.45, 7) is 1.28. The molecule has 2 fully saturated rings. The smallest absolute Gasteiger partial charge is 0.243 e. The molecule has 0 aromatic heterocycles. The number of nitrogens with one attached hydrogen (secondary N) is 1. The monoisotopic (exact) mass is 589 g/mol. The van der Waals surface area contributed by atoms with Crippen LogP contribution in [0, 0.1) is 5.92 Å². The number of hydrogen-bond acceptors (Lipinski definition) is 6. The lowest BCUT2D eigenvalue weighted by Gasteiger charge is -2.31. The number of carbonyl (C=O) groups excluding carboxylic acids is 1. The first kappa shape index (κ1) is 28.1. The van der Waals surface area contributed by atoms with E-state index >= 15 is 0 Å². The van der Waals surface area contributed by atoms with Gasteiger partial charge in [0.25, 0.3) is 0 Å². The van der Waals surface area contributed by atoms with Crippen molar-refractivity contribution >= 4 is 54.8 Å².